The van der Waals surface area contributed by atoms with E-state index in [1.54, 1.807) is 18.3 Å². The van der Waals surface area contributed by atoms with Crippen LogP contribution in [0, 0.1) is 0 Å². The lowest BCUT2D eigenvalue weighted by Crippen LogP contribution is -2.24. The third-order valence-electron chi connectivity index (χ3n) is 3.93. The topological polar surface area (TPSA) is 64.1 Å². The van der Waals surface area contributed by atoms with Crippen molar-refractivity contribution in [2.24, 2.45) is 0 Å². The molecular formula is C21H18F3N3O2S. The molecule has 3 aromatic rings. The van der Waals surface area contributed by atoms with Crippen molar-refractivity contribution < 1.29 is 22.7 Å². The molecule has 1 amide bonds. The van der Waals surface area contributed by atoms with Gasteiger partial charge in [0.2, 0.25) is 11.8 Å². The Kier molecular flexibility index (Phi) is 7.29. The minimum atomic E-state index is -4.43. The number of alkyl halides is 3. The first-order valence-electron chi connectivity index (χ1n) is 8.94. The second-order valence-corrected chi connectivity index (χ2v) is 7.22. The quantitative estimate of drug-likeness (QED) is 0.531. The molecule has 0 unspecified atom stereocenters. The normalized spacial score (nSPS) is 11.2. The molecule has 30 heavy (non-hydrogen) atoms. The van der Waals surface area contributed by atoms with E-state index in [0.717, 1.165) is 35.2 Å². The fraction of sp³-hybridized carbons (Fsp3) is 0.190. The lowest BCUT2D eigenvalue weighted by atomic mass is 10.2. The first-order valence-corrected chi connectivity index (χ1v) is 9.93. The molecule has 1 N–H and O–H groups in total. The van der Waals surface area contributed by atoms with E-state index in [9.17, 15) is 18.0 Å². The predicted molar refractivity (Wildman–Crippen MR) is 107 cm³/mol. The average Bonchev–Trinajstić information content (AvgIpc) is 2.75. The summed E-state index contributed by atoms with van der Waals surface area (Å²) in [5, 5.41) is 3.10. The molecular weight excluding hydrogens is 415 g/mol. The number of aromatic nitrogens is 2. The number of nitrogens with one attached hydrogen (secondary N) is 1. The Morgan fingerprint density at radius 2 is 1.83 bits per heavy atom. The first-order chi connectivity index (χ1) is 14.4. The van der Waals surface area contributed by atoms with Crippen molar-refractivity contribution in [2.75, 3.05) is 5.75 Å². The number of pyridine rings is 2. The number of halogens is 3. The minimum Gasteiger partial charge on any atom is -0.473 e. The van der Waals surface area contributed by atoms with E-state index in [4.69, 9.17) is 4.74 Å². The Bertz CT molecular complexity index is 967. The largest absolute Gasteiger partial charge is 0.473 e. The van der Waals surface area contributed by atoms with Gasteiger partial charge in [-0.1, -0.05) is 42.1 Å². The van der Waals surface area contributed by atoms with Gasteiger partial charge in [-0.3, -0.25) is 4.79 Å². The van der Waals surface area contributed by atoms with Gasteiger partial charge in [0.05, 0.1) is 16.3 Å². The van der Waals surface area contributed by atoms with E-state index < -0.39 is 11.7 Å². The van der Waals surface area contributed by atoms with Gasteiger partial charge in [0.25, 0.3) is 0 Å². The van der Waals surface area contributed by atoms with E-state index in [1.165, 1.54) is 6.07 Å². The summed E-state index contributed by atoms with van der Waals surface area (Å²) in [6.07, 6.45) is -2.07. The fourth-order valence-corrected chi connectivity index (χ4v) is 3.07. The number of amides is 1. The highest BCUT2D eigenvalue weighted by atomic mass is 32.2. The zero-order valence-corrected chi connectivity index (χ0v) is 16.5. The van der Waals surface area contributed by atoms with Crippen molar-refractivity contribution in [3.8, 4) is 5.88 Å². The molecule has 2 aromatic heterocycles. The number of hydrogen-bond acceptors (Lipinski definition) is 5. The van der Waals surface area contributed by atoms with Gasteiger partial charge in [-0.05, 0) is 29.3 Å². The predicted octanol–water partition coefficient (Wildman–Crippen LogP) is 4.48. The van der Waals surface area contributed by atoms with Crippen molar-refractivity contribution in [1.82, 2.24) is 15.3 Å². The standard InChI is InChI=1S/C21H18F3N3O2S/c22-21(23,24)17-6-7-20(27-12-17)30-14-18(28)26-11-16-8-9-25-19(10-16)29-13-15-4-2-1-3-5-15/h1-10,12H,11,13-14H2,(H,26,28). The smallest absolute Gasteiger partial charge is 0.417 e. The van der Waals surface area contributed by atoms with Crippen LogP contribution in [0.25, 0.3) is 0 Å². The maximum Gasteiger partial charge on any atom is 0.417 e. The third-order valence-corrected chi connectivity index (χ3v) is 4.88. The molecule has 0 aliphatic heterocycles. The zero-order valence-electron chi connectivity index (χ0n) is 15.7. The molecule has 156 valence electrons. The molecule has 0 aliphatic carbocycles. The van der Waals surface area contributed by atoms with Crippen LogP contribution in [0.5, 0.6) is 5.88 Å². The van der Waals surface area contributed by atoms with Gasteiger partial charge in [-0.15, -0.1) is 0 Å². The average molecular weight is 433 g/mol. The number of ether oxygens (including phenoxy) is 1. The summed E-state index contributed by atoms with van der Waals surface area (Å²) in [5.74, 6) is 0.236. The maximum atomic E-state index is 12.5. The Morgan fingerprint density at radius 1 is 1.03 bits per heavy atom. The van der Waals surface area contributed by atoms with Gasteiger partial charge in [-0.25, -0.2) is 9.97 Å². The van der Waals surface area contributed by atoms with Gasteiger partial charge in [0.1, 0.15) is 6.61 Å². The monoisotopic (exact) mass is 433 g/mol. The molecule has 0 fully saturated rings. The van der Waals surface area contributed by atoms with Gasteiger partial charge < -0.3 is 10.1 Å². The zero-order chi connectivity index (χ0) is 21.4. The van der Waals surface area contributed by atoms with Crippen molar-refractivity contribution in [3.05, 3.63) is 83.7 Å². The summed E-state index contributed by atoms with van der Waals surface area (Å²) >= 11 is 1.06. The van der Waals surface area contributed by atoms with E-state index in [1.807, 2.05) is 30.3 Å². The second-order valence-electron chi connectivity index (χ2n) is 6.22. The molecule has 9 heteroatoms. The van der Waals surface area contributed by atoms with Gasteiger partial charge in [0, 0.05) is 25.0 Å². The molecule has 1 aromatic carbocycles. The summed E-state index contributed by atoms with van der Waals surface area (Å²) in [6, 6.07) is 15.4. The van der Waals surface area contributed by atoms with Crippen LogP contribution in [-0.2, 0) is 24.1 Å². The number of carbonyl (C=O) groups excluding carboxylic acids is 1. The minimum absolute atomic E-state index is 0.0425. The molecule has 0 saturated heterocycles. The summed E-state index contributed by atoms with van der Waals surface area (Å²) in [6.45, 7) is 0.671. The molecule has 0 spiro atoms. The van der Waals surface area contributed by atoms with Crippen LogP contribution in [0.15, 0.2) is 72.0 Å². The molecule has 5 nitrogen and oxygen atoms in total. The number of hydrogen-bond donors (Lipinski definition) is 1. The molecule has 0 atom stereocenters. The lowest BCUT2D eigenvalue weighted by molar-refractivity contribution is -0.137. The van der Waals surface area contributed by atoms with Crippen molar-refractivity contribution >= 4 is 17.7 Å². The Morgan fingerprint density at radius 3 is 2.53 bits per heavy atom. The SMILES string of the molecule is O=C(CSc1ccc(C(F)(F)F)cn1)NCc1ccnc(OCc2ccccc2)c1. The van der Waals surface area contributed by atoms with Crippen molar-refractivity contribution in [3.63, 3.8) is 0 Å². The van der Waals surface area contributed by atoms with Crippen LogP contribution in [0.3, 0.4) is 0 Å². The highest BCUT2D eigenvalue weighted by Gasteiger charge is 2.30. The Labute approximate surface area is 175 Å². The van der Waals surface area contributed by atoms with E-state index >= 15 is 0 Å². The van der Waals surface area contributed by atoms with Gasteiger partial charge >= 0.3 is 6.18 Å². The molecule has 2 heterocycles. The number of rotatable bonds is 8. The maximum absolute atomic E-state index is 12.5. The molecule has 0 radical (unpaired) electrons. The number of carbonyl (C=O) groups is 1. The molecule has 0 saturated carbocycles. The third kappa shape index (κ3) is 6.77. The molecule has 3 rings (SSSR count). The Hall–Kier alpha value is -3.07. The van der Waals surface area contributed by atoms with Crippen molar-refractivity contribution in [1.29, 1.82) is 0 Å². The van der Waals surface area contributed by atoms with Crippen LogP contribution < -0.4 is 10.1 Å². The highest BCUT2D eigenvalue weighted by Crippen LogP contribution is 2.29. The Balaban J connectivity index is 1.44. The van der Waals surface area contributed by atoms with Crippen molar-refractivity contribution in [2.45, 2.75) is 24.4 Å². The van der Waals surface area contributed by atoms with Crippen LogP contribution >= 0.6 is 11.8 Å². The van der Waals surface area contributed by atoms with E-state index in [0.29, 0.717) is 17.5 Å². The second kappa shape index (κ2) is 10.1. The van der Waals surface area contributed by atoms with Crippen LogP contribution in [0.2, 0.25) is 0 Å². The van der Waals surface area contributed by atoms with E-state index in [-0.39, 0.29) is 18.2 Å². The highest BCUT2D eigenvalue weighted by molar-refractivity contribution is 7.99. The summed E-state index contributed by atoms with van der Waals surface area (Å²) in [7, 11) is 0. The number of benzene rings is 1. The lowest BCUT2D eigenvalue weighted by Gasteiger charge is -2.09. The van der Waals surface area contributed by atoms with Gasteiger partial charge in [0.15, 0.2) is 0 Å². The summed E-state index contributed by atoms with van der Waals surface area (Å²) < 4.78 is 43.3. The number of nitrogens with zero attached hydrogens (tertiary/aromatic N) is 2. The van der Waals surface area contributed by atoms with E-state index in [2.05, 4.69) is 15.3 Å². The van der Waals surface area contributed by atoms with Crippen LogP contribution in [0.4, 0.5) is 13.2 Å². The summed E-state index contributed by atoms with van der Waals surface area (Å²) in [5.41, 5.74) is 1.02. The van der Waals surface area contributed by atoms with Crippen LogP contribution in [0.1, 0.15) is 16.7 Å². The van der Waals surface area contributed by atoms with Crippen LogP contribution in [-0.4, -0.2) is 21.6 Å². The first kappa shape index (κ1) is 21.6. The summed E-state index contributed by atoms with van der Waals surface area (Å²) in [4.78, 5) is 19.9. The molecule has 0 bridgehead atoms. The fourth-order valence-electron chi connectivity index (χ4n) is 2.40. The number of thioether (sulfide) groups is 1. The van der Waals surface area contributed by atoms with Gasteiger partial charge in [-0.2, -0.15) is 13.2 Å². The molecule has 0 aliphatic rings.